The molecule has 0 rings (SSSR count). The maximum Gasteiger partial charge on any atom is 0.306 e. The molecule has 0 aromatic rings. The summed E-state index contributed by atoms with van der Waals surface area (Å²) >= 11 is 0. The number of hydrogen-bond acceptors (Lipinski definition) is 6. The Kier molecular flexibility index (Phi) is 48.0. The predicted octanol–water partition coefficient (Wildman–Crippen LogP) is 17.0. The van der Waals surface area contributed by atoms with E-state index >= 15 is 0 Å². The Hall–Kier alpha value is -3.67. The highest BCUT2D eigenvalue weighted by molar-refractivity contribution is 5.71. The summed E-state index contributed by atoms with van der Waals surface area (Å²) in [6.07, 6.45) is 66.8. The minimum Gasteiger partial charge on any atom is -0.462 e. The van der Waals surface area contributed by atoms with Gasteiger partial charge in [0.05, 0.1) is 0 Å². The van der Waals surface area contributed by atoms with Gasteiger partial charge in [0.2, 0.25) is 0 Å². The van der Waals surface area contributed by atoms with Crippen LogP contribution in [-0.2, 0) is 28.6 Å². The van der Waals surface area contributed by atoms with Crippen LogP contribution in [-0.4, -0.2) is 37.2 Å². The first-order chi connectivity index (χ1) is 31.0. The van der Waals surface area contributed by atoms with Crippen molar-refractivity contribution in [3.63, 3.8) is 0 Å². The Balaban J connectivity index is 4.49. The molecule has 0 amide bonds. The van der Waals surface area contributed by atoms with Crippen molar-refractivity contribution in [2.24, 2.45) is 0 Å². The van der Waals surface area contributed by atoms with Gasteiger partial charge in [-0.2, -0.15) is 0 Å². The zero-order valence-corrected chi connectivity index (χ0v) is 40.8. The number of carbonyl (C=O) groups is 3. The van der Waals surface area contributed by atoms with E-state index in [-0.39, 0.29) is 37.5 Å². The minimum absolute atomic E-state index is 0.103. The van der Waals surface area contributed by atoms with Crippen LogP contribution in [0, 0.1) is 0 Å². The third-order valence-corrected chi connectivity index (χ3v) is 10.6. The Labute approximate surface area is 387 Å². The summed E-state index contributed by atoms with van der Waals surface area (Å²) in [6, 6.07) is 0. The van der Waals surface area contributed by atoms with E-state index in [1.165, 1.54) is 77.0 Å². The van der Waals surface area contributed by atoms with Crippen molar-refractivity contribution in [1.82, 2.24) is 0 Å². The van der Waals surface area contributed by atoms with E-state index in [4.69, 9.17) is 14.2 Å². The van der Waals surface area contributed by atoms with Gasteiger partial charge < -0.3 is 14.2 Å². The zero-order chi connectivity index (χ0) is 45.8. The van der Waals surface area contributed by atoms with Crippen molar-refractivity contribution in [3.05, 3.63) is 97.2 Å². The highest BCUT2D eigenvalue weighted by Crippen LogP contribution is 2.13. The third-order valence-electron chi connectivity index (χ3n) is 10.6. The number of ether oxygens (including phenoxy) is 3. The topological polar surface area (TPSA) is 78.9 Å². The van der Waals surface area contributed by atoms with Gasteiger partial charge >= 0.3 is 17.9 Å². The average Bonchev–Trinajstić information content (AvgIpc) is 3.28. The summed E-state index contributed by atoms with van der Waals surface area (Å²) in [4.78, 5) is 37.9. The lowest BCUT2D eigenvalue weighted by atomic mass is 10.1. The van der Waals surface area contributed by atoms with E-state index in [9.17, 15) is 14.4 Å². The molecular formula is C57H94O6. The first kappa shape index (κ1) is 59.3. The first-order valence-electron chi connectivity index (χ1n) is 25.7. The highest BCUT2D eigenvalue weighted by Gasteiger charge is 2.19. The number of rotatable bonds is 45. The van der Waals surface area contributed by atoms with Gasteiger partial charge in [-0.1, -0.05) is 201 Å². The SMILES string of the molecule is CC/C=C\C/C=C\C/C=C\C/C=C\C/C=C\CCCCCC(=O)OC[C@H](COC(=O)CCCCCCCCCCCCC)OC(=O)CCCC/C=C\C/C=C\C/C=C\CCCCC. The molecule has 0 bridgehead atoms. The maximum absolute atomic E-state index is 12.8. The molecule has 0 aliphatic carbocycles. The number of hydrogen-bond donors (Lipinski definition) is 0. The third kappa shape index (κ3) is 49.2. The van der Waals surface area contributed by atoms with Crippen LogP contribution in [0.3, 0.4) is 0 Å². The molecule has 0 aliphatic heterocycles. The van der Waals surface area contributed by atoms with Gasteiger partial charge in [-0.3, -0.25) is 14.4 Å². The van der Waals surface area contributed by atoms with Crippen molar-refractivity contribution in [3.8, 4) is 0 Å². The van der Waals surface area contributed by atoms with Crippen molar-refractivity contribution >= 4 is 17.9 Å². The van der Waals surface area contributed by atoms with E-state index < -0.39 is 6.10 Å². The largest absolute Gasteiger partial charge is 0.462 e. The van der Waals surface area contributed by atoms with Crippen molar-refractivity contribution < 1.29 is 28.6 Å². The van der Waals surface area contributed by atoms with Crippen molar-refractivity contribution in [1.29, 1.82) is 0 Å². The second-order valence-corrected chi connectivity index (χ2v) is 16.7. The minimum atomic E-state index is -0.809. The fourth-order valence-corrected chi connectivity index (χ4v) is 6.71. The number of unbranched alkanes of at least 4 members (excludes halogenated alkanes) is 18. The molecule has 0 fully saturated rings. The molecule has 0 saturated carbocycles. The molecule has 0 aromatic carbocycles. The molecule has 0 unspecified atom stereocenters. The van der Waals surface area contributed by atoms with Gasteiger partial charge in [0.1, 0.15) is 13.2 Å². The summed E-state index contributed by atoms with van der Waals surface area (Å²) in [5.41, 5.74) is 0. The lowest BCUT2D eigenvalue weighted by Gasteiger charge is -2.18. The Bertz CT molecular complexity index is 1280. The van der Waals surface area contributed by atoms with Crippen molar-refractivity contribution in [2.45, 2.75) is 232 Å². The van der Waals surface area contributed by atoms with E-state index in [2.05, 4.69) is 118 Å². The average molecular weight is 875 g/mol. The van der Waals surface area contributed by atoms with E-state index in [1.54, 1.807) is 0 Å². The summed E-state index contributed by atoms with van der Waals surface area (Å²) in [6.45, 7) is 6.42. The molecule has 358 valence electrons. The second-order valence-electron chi connectivity index (χ2n) is 16.7. The Morgan fingerprint density at radius 1 is 0.333 bits per heavy atom. The maximum atomic E-state index is 12.8. The molecule has 0 N–H and O–H groups in total. The first-order valence-corrected chi connectivity index (χ1v) is 25.7. The summed E-state index contributed by atoms with van der Waals surface area (Å²) < 4.78 is 16.7. The molecule has 0 aliphatic rings. The highest BCUT2D eigenvalue weighted by atomic mass is 16.6. The van der Waals surface area contributed by atoms with Crippen LogP contribution >= 0.6 is 0 Å². The Morgan fingerprint density at radius 3 is 1.03 bits per heavy atom. The van der Waals surface area contributed by atoms with E-state index in [1.807, 2.05) is 0 Å². The summed E-state index contributed by atoms with van der Waals surface area (Å²) in [5.74, 6) is -0.979. The lowest BCUT2D eigenvalue weighted by Crippen LogP contribution is -2.30. The normalized spacial score (nSPS) is 12.9. The molecule has 1 atom stereocenters. The van der Waals surface area contributed by atoms with Gasteiger partial charge in [-0.05, 0) is 103 Å². The molecule has 63 heavy (non-hydrogen) atoms. The van der Waals surface area contributed by atoms with Gasteiger partial charge in [0.15, 0.2) is 6.10 Å². The van der Waals surface area contributed by atoms with Crippen LogP contribution in [0.5, 0.6) is 0 Å². The molecule has 0 saturated heterocycles. The molecule has 0 radical (unpaired) electrons. The molecular weight excluding hydrogens is 781 g/mol. The predicted molar refractivity (Wildman–Crippen MR) is 270 cm³/mol. The molecule has 6 heteroatoms. The van der Waals surface area contributed by atoms with Gasteiger partial charge in [0.25, 0.3) is 0 Å². The van der Waals surface area contributed by atoms with Crippen LogP contribution in [0.1, 0.15) is 226 Å². The van der Waals surface area contributed by atoms with Gasteiger partial charge in [-0.25, -0.2) is 0 Å². The molecule has 0 heterocycles. The smallest absolute Gasteiger partial charge is 0.306 e. The van der Waals surface area contributed by atoms with Crippen LogP contribution < -0.4 is 0 Å². The Morgan fingerprint density at radius 2 is 0.619 bits per heavy atom. The fourth-order valence-electron chi connectivity index (χ4n) is 6.71. The van der Waals surface area contributed by atoms with Crippen LogP contribution in [0.25, 0.3) is 0 Å². The van der Waals surface area contributed by atoms with Crippen LogP contribution in [0.2, 0.25) is 0 Å². The van der Waals surface area contributed by atoms with Crippen LogP contribution in [0.15, 0.2) is 97.2 Å². The monoisotopic (exact) mass is 875 g/mol. The quantitative estimate of drug-likeness (QED) is 0.0262. The zero-order valence-electron chi connectivity index (χ0n) is 40.8. The fraction of sp³-hybridized carbons (Fsp3) is 0.667. The van der Waals surface area contributed by atoms with Crippen LogP contribution in [0.4, 0.5) is 0 Å². The van der Waals surface area contributed by atoms with Gasteiger partial charge in [0, 0.05) is 19.3 Å². The van der Waals surface area contributed by atoms with E-state index in [0.29, 0.717) is 19.3 Å². The van der Waals surface area contributed by atoms with Crippen molar-refractivity contribution in [2.75, 3.05) is 13.2 Å². The number of esters is 3. The number of allylic oxidation sites excluding steroid dienone is 16. The standard InChI is InChI=1S/C57H94O6/c1-4-7-10-13-16-19-22-24-26-27-28-29-31-32-35-38-41-44-47-50-56(59)62-53-54(52-61-55(58)49-46-43-40-37-34-21-18-15-12-9-6-3)63-57(60)51-48-45-42-39-36-33-30-25-23-20-17-14-11-8-5-2/h7,10,16-17,19-20,24-26,28-30,32,35-36,39,54H,4-6,8-9,11-15,18,21-23,27,31,33-34,37-38,40-53H2,1-3H3/b10-7-,19-16-,20-17-,26-24-,29-28-,30-25-,35-32-,39-36-/t54-/m0/s1. The lowest BCUT2D eigenvalue weighted by molar-refractivity contribution is -0.167. The summed E-state index contributed by atoms with van der Waals surface area (Å²) in [5, 5.41) is 0. The molecule has 0 aromatic heterocycles. The second kappa shape index (κ2) is 51.0. The molecule has 6 nitrogen and oxygen atoms in total. The summed E-state index contributed by atoms with van der Waals surface area (Å²) in [7, 11) is 0. The molecule has 0 spiro atoms. The van der Waals surface area contributed by atoms with Gasteiger partial charge in [-0.15, -0.1) is 0 Å². The van der Waals surface area contributed by atoms with E-state index in [0.717, 1.165) is 103 Å². The number of carbonyl (C=O) groups excluding carboxylic acids is 3.